The predicted octanol–water partition coefficient (Wildman–Crippen LogP) is 7.29. The van der Waals surface area contributed by atoms with E-state index in [1.165, 1.54) is 6.07 Å². The van der Waals surface area contributed by atoms with Gasteiger partial charge in [-0.2, -0.15) is 4.31 Å². The molecule has 0 saturated carbocycles. The highest BCUT2D eigenvalue weighted by atomic mass is 32.3. The first-order valence-electron chi connectivity index (χ1n) is 14.4. The number of fused-ring (bicyclic) bond motifs is 1. The number of esters is 1. The van der Waals surface area contributed by atoms with Crippen LogP contribution in [0.5, 0.6) is 5.75 Å². The van der Waals surface area contributed by atoms with Crippen LogP contribution >= 0.6 is 10.8 Å². The Balaban J connectivity index is 1.77. The van der Waals surface area contributed by atoms with E-state index in [2.05, 4.69) is 0 Å². The van der Waals surface area contributed by atoms with Crippen molar-refractivity contribution < 1.29 is 27.8 Å². The zero-order chi connectivity index (χ0) is 30.6. The first-order chi connectivity index (χ1) is 19.9. The molecule has 9 heteroatoms. The highest BCUT2D eigenvalue weighted by Crippen LogP contribution is 2.57. The Bertz CT molecular complexity index is 1410. The number of para-hydroxylation sites is 1. The molecule has 3 aromatic rings. The maximum Gasteiger partial charge on any atom is 0.306 e. The average molecular weight is 599 g/mol. The lowest BCUT2D eigenvalue weighted by atomic mass is 9.83. The summed E-state index contributed by atoms with van der Waals surface area (Å²) in [7, 11) is 0.450. The van der Waals surface area contributed by atoms with Gasteiger partial charge in [0.1, 0.15) is 22.6 Å². The molecule has 0 spiro atoms. The van der Waals surface area contributed by atoms with Crippen LogP contribution < -0.4 is 4.74 Å². The van der Waals surface area contributed by atoms with E-state index >= 15 is 0 Å². The molecule has 7 nitrogen and oxygen atoms in total. The van der Waals surface area contributed by atoms with Gasteiger partial charge in [0.25, 0.3) is 0 Å². The summed E-state index contributed by atoms with van der Waals surface area (Å²) in [5, 5.41) is 0. The first kappa shape index (κ1) is 32.0. The number of aryl methyl sites for hydroxylation is 2. The van der Waals surface area contributed by atoms with Gasteiger partial charge in [-0.25, -0.2) is 4.39 Å². The zero-order valence-corrected chi connectivity index (χ0v) is 26.2. The molecule has 228 valence electrons. The minimum atomic E-state index is -3.33. The molecule has 0 bridgehead atoms. The lowest BCUT2D eigenvalue weighted by Crippen LogP contribution is -2.34. The Morgan fingerprint density at radius 1 is 1.10 bits per heavy atom. The monoisotopic (exact) mass is 598 g/mol. The summed E-state index contributed by atoms with van der Waals surface area (Å²) in [6, 6.07) is 16.5. The highest BCUT2D eigenvalue weighted by molar-refractivity contribution is 8.22. The lowest BCUT2D eigenvalue weighted by Gasteiger charge is -2.42. The summed E-state index contributed by atoms with van der Waals surface area (Å²) < 4.78 is 51.2. The number of carbonyl (C=O) groups excluding carboxylic acids is 1. The molecule has 0 aliphatic carbocycles. The number of hydrogen-bond donors (Lipinski definition) is 2. The third-order valence-electron chi connectivity index (χ3n) is 7.76. The van der Waals surface area contributed by atoms with Crippen molar-refractivity contribution in [2.75, 3.05) is 27.2 Å². The van der Waals surface area contributed by atoms with Crippen molar-refractivity contribution in [3.05, 3.63) is 93.8 Å². The van der Waals surface area contributed by atoms with Gasteiger partial charge < -0.3 is 14.4 Å². The van der Waals surface area contributed by atoms with Crippen molar-refractivity contribution in [3.8, 4) is 5.75 Å². The molecule has 1 heterocycles. The number of hydrogen-bond acceptors (Lipinski definition) is 7. The molecule has 1 aliphatic heterocycles. The second kappa shape index (κ2) is 13.6. The Labute approximate surface area is 250 Å². The quantitative estimate of drug-likeness (QED) is 0.237. The van der Waals surface area contributed by atoms with Gasteiger partial charge in [-0.1, -0.05) is 43.3 Å². The molecule has 2 atom stereocenters. The van der Waals surface area contributed by atoms with Crippen LogP contribution in [0.4, 0.5) is 4.39 Å². The van der Waals surface area contributed by atoms with Crippen LogP contribution in [0.1, 0.15) is 66.0 Å². The highest BCUT2D eigenvalue weighted by Gasteiger charge is 2.35. The van der Waals surface area contributed by atoms with Crippen LogP contribution in [-0.4, -0.2) is 57.6 Å². The largest absolute Gasteiger partial charge is 0.487 e. The lowest BCUT2D eigenvalue weighted by molar-refractivity contribution is -0.143. The number of nitrogens with zero attached hydrogens (tertiary/aromatic N) is 2. The van der Waals surface area contributed by atoms with E-state index in [9.17, 15) is 18.3 Å². The summed E-state index contributed by atoms with van der Waals surface area (Å²) in [6.07, 6.45) is 0.597. The number of rotatable bonds is 10. The molecule has 0 fully saturated rings. The van der Waals surface area contributed by atoms with Gasteiger partial charge in [-0.05, 0) is 87.3 Å². The van der Waals surface area contributed by atoms with E-state index in [-0.39, 0.29) is 43.4 Å². The van der Waals surface area contributed by atoms with Gasteiger partial charge in [0.2, 0.25) is 0 Å². The van der Waals surface area contributed by atoms with E-state index in [4.69, 9.17) is 9.47 Å². The van der Waals surface area contributed by atoms with Crippen molar-refractivity contribution in [2.45, 2.75) is 70.5 Å². The molecule has 0 radical (unpaired) electrons. The normalized spacial score (nSPS) is 18.1. The summed E-state index contributed by atoms with van der Waals surface area (Å²) >= 11 is 0. The van der Waals surface area contributed by atoms with E-state index in [0.29, 0.717) is 35.7 Å². The summed E-state index contributed by atoms with van der Waals surface area (Å²) in [5.74, 6) is -0.485. The van der Waals surface area contributed by atoms with Crippen molar-refractivity contribution in [1.82, 2.24) is 9.21 Å². The molecule has 0 aromatic heterocycles. The van der Waals surface area contributed by atoms with Gasteiger partial charge in [0.05, 0.1) is 19.6 Å². The van der Waals surface area contributed by atoms with Crippen LogP contribution in [0.2, 0.25) is 0 Å². The maximum atomic E-state index is 14.9. The van der Waals surface area contributed by atoms with Gasteiger partial charge >= 0.3 is 5.97 Å². The summed E-state index contributed by atoms with van der Waals surface area (Å²) in [6.45, 7) is 8.96. The standard InChI is InChI=1S/C33H43FN2O5S/c1-7-27-21-36(42(38,39)32-12-10-9-11-31(32)41-27)20-25-16-24(14-13-22(25)3)29(18-33(37)40-8-2)28-17-26(19-35(5)6)30(34)15-23(28)4/h9-17,27,29,38-39H,7-8,18-21H2,1-6H3. The maximum absolute atomic E-state index is 14.9. The number of carbonyl (C=O) groups is 1. The molecule has 0 amide bonds. The summed E-state index contributed by atoms with van der Waals surface area (Å²) in [5.41, 5.74) is 4.95. The van der Waals surface area contributed by atoms with Gasteiger partial charge in [0, 0.05) is 24.6 Å². The molecular formula is C33H43FN2O5S. The number of ether oxygens (including phenoxy) is 2. The van der Waals surface area contributed by atoms with E-state index in [1.807, 2.05) is 70.1 Å². The SMILES string of the molecule is CCOC(=O)CC(c1ccc(C)c(CN2CC(CC)Oc3ccccc3S2(O)O)c1)c1cc(CN(C)C)c(F)cc1C. The average Bonchev–Trinajstić information content (AvgIpc) is 3.04. The minimum Gasteiger partial charge on any atom is -0.487 e. The molecule has 2 unspecified atom stereocenters. The smallest absolute Gasteiger partial charge is 0.306 e. The fraction of sp³-hybridized carbons (Fsp3) is 0.424. The second-order valence-electron chi connectivity index (χ2n) is 11.2. The molecular weight excluding hydrogens is 555 g/mol. The van der Waals surface area contributed by atoms with Crippen molar-refractivity contribution in [2.24, 2.45) is 0 Å². The molecule has 0 saturated heterocycles. The van der Waals surface area contributed by atoms with Crippen molar-refractivity contribution in [3.63, 3.8) is 0 Å². The van der Waals surface area contributed by atoms with Crippen LogP contribution in [0.3, 0.4) is 0 Å². The van der Waals surface area contributed by atoms with Crippen LogP contribution in [-0.2, 0) is 22.6 Å². The summed E-state index contributed by atoms with van der Waals surface area (Å²) in [4.78, 5) is 15.1. The van der Waals surface area contributed by atoms with Gasteiger partial charge in [0.15, 0.2) is 0 Å². The molecule has 3 aromatic carbocycles. The van der Waals surface area contributed by atoms with Crippen molar-refractivity contribution >= 4 is 16.7 Å². The van der Waals surface area contributed by atoms with Gasteiger partial charge in [-0.3, -0.25) is 13.9 Å². The molecule has 4 rings (SSSR count). The molecule has 42 heavy (non-hydrogen) atoms. The Kier molecular flexibility index (Phi) is 10.3. The minimum absolute atomic E-state index is 0.0994. The zero-order valence-electron chi connectivity index (χ0n) is 25.4. The van der Waals surface area contributed by atoms with E-state index in [0.717, 1.165) is 27.8 Å². The third kappa shape index (κ3) is 7.15. The van der Waals surface area contributed by atoms with Crippen molar-refractivity contribution in [1.29, 1.82) is 0 Å². The van der Waals surface area contributed by atoms with Crippen LogP contribution in [0, 0.1) is 19.7 Å². The Hall–Kier alpha value is -2.95. The fourth-order valence-corrected chi connectivity index (χ4v) is 7.08. The van der Waals surface area contributed by atoms with Crippen LogP contribution in [0.25, 0.3) is 0 Å². The Morgan fingerprint density at radius 2 is 1.83 bits per heavy atom. The van der Waals surface area contributed by atoms with E-state index < -0.39 is 10.8 Å². The predicted molar refractivity (Wildman–Crippen MR) is 165 cm³/mol. The second-order valence-corrected chi connectivity index (χ2v) is 13.2. The first-order valence-corrected chi connectivity index (χ1v) is 15.9. The molecule has 1 aliphatic rings. The fourth-order valence-electron chi connectivity index (χ4n) is 5.46. The topological polar surface area (TPSA) is 82.5 Å². The molecule has 2 N–H and O–H groups in total. The number of halogens is 1. The van der Waals surface area contributed by atoms with Crippen LogP contribution in [0.15, 0.2) is 59.5 Å². The number of benzene rings is 3. The third-order valence-corrected chi connectivity index (χ3v) is 9.68. The van der Waals surface area contributed by atoms with E-state index in [1.54, 1.807) is 29.4 Å². The van der Waals surface area contributed by atoms with Gasteiger partial charge in [-0.15, -0.1) is 10.8 Å². The Morgan fingerprint density at radius 3 is 2.52 bits per heavy atom.